The Bertz CT molecular complexity index is 157. The van der Waals surface area contributed by atoms with E-state index in [1.807, 2.05) is 6.92 Å². The maximum Gasteiger partial charge on any atom is 0.322 e. The molecule has 4 N–H and O–H groups in total. The Kier molecular flexibility index (Phi) is 4.29. The second kappa shape index (κ2) is 4.73. The summed E-state index contributed by atoms with van der Waals surface area (Å²) in [6, 6.07) is -0.158. The summed E-state index contributed by atoms with van der Waals surface area (Å²) in [4.78, 5) is 10.1. The molecule has 0 unspecified atom stereocenters. The van der Waals surface area contributed by atoms with Crippen LogP contribution in [0.2, 0.25) is 0 Å². The Morgan fingerprint density at radius 3 is 2.73 bits per heavy atom. The average molecular weight is 158 g/mol. The van der Waals surface area contributed by atoms with E-state index in [0.717, 1.165) is 6.42 Å². The molecule has 0 saturated heterocycles. The smallest absolute Gasteiger partial charge is 0.322 e. The lowest BCUT2D eigenvalue weighted by molar-refractivity contribution is -0.135. The lowest BCUT2D eigenvalue weighted by Crippen LogP contribution is -2.32. The van der Waals surface area contributed by atoms with Gasteiger partial charge in [-0.3, -0.25) is 4.79 Å². The number of hydrogen-bond donors (Lipinski definition) is 3. The Hall–Kier alpha value is -1.03. The van der Waals surface area contributed by atoms with Crippen LogP contribution in [-0.4, -0.2) is 23.7 Å². The lowest BCUT2D eigenvalue weighted by atomic mass is 10.2. The quantitative estimate of drug-likeness (QED) is 0.522. The first-order valence-electron chi connectivity index (χ1n) is 3.48. The largest absolute Gasteiger partial charge is 0.480 e. The van der Waals surface area contributed by atoms with Crippen molar-refractivity contribution in [1.29, 1.82) is 0 Å². The minimum absolute atomic E-state index is 0.119. The second-order valence-electron chi connectivity index (χ2n) is 2.29. The number of nitrogens with one attached hydrogen (secondary N) is 1. The third kappa shape index (κ3) is 4.38. The standard InChI is InChI=1S/C7H14N2O2/c1-3-6(8)5(2)9-4-7(10)11/h6,9H,2-4,8H2,1H3,(H,10,11)/t6-/m0/s1. The normalized spacial score (nSPS) is 12.2. The number of aliphatic carboxylic acids is 1. The van der Waals surface area contributed by atoms with Crippen molar-refractivity contribution in [3.05, 3.63) is 12.3 Å². The summed E-state index contributed by atoms with van der Waals surface area (Å²) >= 11 is 0. The van der Waals surface area contributed by atoms with Crippen LogP contribution in [0, 0.1) is 0 Å². The molecule has 0 aliphatic carbocycles. The molecule has 11 heavy (non-hydrogen) atoms. The van der Waals surface area contributed by atoms with Crippen LogP contribution in [0.4, 0.5) is 0 Å². The monoisotopic (exact) mass is 158 g/mol. The van der Waals surface area contributed by atoms with Gasteiger partial charge in [-0.05, 0) is 6.42 Å². The molecule has 0 heterocycles. The van der Waals surface area contributed by atoms with Gasteiger partial charge in [0.25, 0.3) is 0 Å². The van der Waals surface area contributed by atoms with Gasteiger partial charge in [0.05, 0.1) is 0 Å². The molecule has 0 aliphatic heterocycles. The summed E-state index contributed by atoms with van der Waals surface area (Å²) < 4.78 is 0. The molecule has 4 nitrogen and oxygen atoms in total. The van der Waals surface area contributed by atoms with E-state index in [-0.39, 0.29) is 12.6 Å². The fourth-order valence-electron chi connectivity index (χ4n) is 0.567. The van der Waals surface area contributed by atoms with Crippen molar-refractivity contribution in [2.45, 2.75) is 19.4 Å². The average Bonchev–Trinajstić information content (AvgIpc) is 1.98. The van der Waals surface area contributed by atoms with Gasteiger partial charge in [0, 0.05) is 11.7 Å². The summed E-state index contributed by atoms with van der Waals surface area (Å²) in [6.07, 6.45) is 0.755. The van der Waals surface area contributed by atoms with Crippen LogP contribution in [0.3, 0.4) is 0 Å². The van der Waals surface area contributed by atoms with Crippen LogP contribution in [0.5, 0.6) is 0 Å². The van der Waals surface area contributed by atoms with Gasteiger partial charge in [-0.2, -0.15) is 0 Å². The van der Waals surface area contributed by atoms with Crippen LogP contribution in [-0.2, 0) is 4.79 Å². The maximum atomic E-state index is 10.1. The van der Waals surface area contributed by atoms with E-state index in [2.05, 4.69) is 11.9 Å². The van der Waals surface area contributed by atoms with E-state index in [4.69, 9.17) is 10.8 Å². The van der Waals surface area contributed by atoms with E-state index in [9.17, 15) is 4.79 Å². The van der Waals surface area contributed by atoms with Crippen LogP contribution < -0.4 is 11.1 Å². The first-order valence-corrected chi connectivity index (χ1v) is 3.48. The fourth-order valence-corrected chi connectivity index (χ4v) is 0.567. The van der Waals surface area contributed by atoms with Gasteiger partial charge in [-0.1, -0.05) is 13.5 Å². The van der Waals surface area contributed by atoms with Gasteiger partial charge >= 0.3 is 5.97 Å². The Labute approximate surface area is 66.1 Å². The van der Waals surface area contributed by atoms with Gasteiger partial charge in [0.2, 0.25) is 0 Å². The Morgan fingerprint density at radius 2 is 2.36 bits per heavy atom. The van der Waals surface area contributed by atoms with Crippen molar-refractivity contribution in [1.82, 2.24) is 5.32 Å². The van der Waals surface area contributed by atoms with Gasteiger partial charge in [0.15, 0.2) is 0 Å². The zero-order valence-electron chi connectivity index (χ0n) is 6.63. The number of carboxylic acid groups (broad SMARTS) is 1. The second-order valence-corrected chi connectivity index (χ2v) is 2.29. The van der Waals surface area contributed by atoms with E-state index < -0.39 is 5.97 Å². The zero-order chi connectivity index (χ0) is 8.85. The number of carboxylic acids is 1. The van der Waals surface area contributed by atoms with Crippen molar-refractivity contribution in [3.8, 4) is 0 Å². The van der Waals surface area contributed by atoms with Crippen molar-refractivity contribution < 1.29 is 9.90 Å². The molecule has 0 radical (unpaired) electrons. The van der Waals surface area contributed by atoms with E-state index in [1.165, 1.54) is 0 Å². The minimum Gasteiger partial charge on any atom is -0.480 e. The molecule has 0 amide bonds. The van der Waals surface area contributed by atoms with Gasteiger partial charge in [0.1, 0.15) is 6.54 Å². The van der Waals surface area contributed by atoms with Crippen LogP contribution >= 0.6 is 0 Å². The molecule has 0 saturated carbocycles. The van der Waals surface area contributed by atoms with Crippen molar-refractivity contribution >= 4 is 5.97 Å². The molecule has 0 aromatic carbocycles. The predicted octanol–water partition coefficient (Wildman–Crippen LogP) is -0.0884. The van der Waals surface area contributed by atoms with Crippen molar-refractivity contribution in [2.75, 3.05) is 6.54 Å². The molecule has 0 aromatic rings. The molecular weight excluding hydrogens is 144 g/mol. The minimum atomic E-state index is -0.908. The molecule has 0 bridgehead atoms. The number of nitrogens with two attached hydrogens (primary N) is 1. The molecule has 0 rings (SSSR count). The number of carbonyl (C=O) groups is 1. The van der Waals surface area contributed by atoms with Gasteiger partial charge < -0.3 is 16.2 Å². The van der Waals surface area contributed by atoms with Crippen LogP contribution in [0.15, 0.2) is 12.3 Å². The summed E-state index contributed by atoms with van der Waals surface area (Å²) in [7, 11) is 0. The summed E-state index contributed by atoms with van der Waals surface area (Å²) in [5.74, 6) is -0.908. The molecule has 0 aliphatic rings. The predicted molar refractivity (Wildman–Crippen MR) is 43.0 cm³/mol. The van der Waals surface area contributed by atoms with Crippen LogP contribution in [0.25, 0.3) is 0 Å². The fraction of sp³-hybridized carbons (Fsp3) is 0.571. The van der Waals surface area contributed by atoms with E-state index in [0.29, 0.717) is 5.70 Å². The third-order valence-electron chi connectivity index (χ3n) is 1.35. The highest BCUT2D eigenvalue weighted by Gasteiger charge is 2.04. The Balaban J connectivity index is 3.60. The molecule has 0 fully saturated rings. The third-order valence-corrected chi connectivity index (χ3v) is 1.35. The molecule has 4 heteroatoms. The maximum absolute atomic E-state index is 10.1. The topological polar surface area (TPSA) is 75.3 Å². The first kappa shape index (κ1) is 9.97. The number of hydrogen-bond acceptors (Lipinski definition) is 3. The van der Waals surface area contributed by atoms with Crippen molar-refractivity contribution in [3.63, 3.8) is 0 Å². The molecule has 0 spiro atoms. The highest BCUT2D eigenvalue weighted by atomic mass is 16.4. The Morgan fingerprint density at radius 1 is 1.82 bits per heavy atom. The SMILES string of the molecule is C=C(NCC(=O)O)[C@@H](N)CC. The summed E-state index contributed by atoms with van der Waals surface area (Å²) in [5, 5.41) is 10.9. The molecule has 64 valence electrons. The van der Waals surface area contributed by atoms with Crippen molar-refractivity contribution in [2.24, 2.45) is 5.73 Å². The summed E-state index contributed by atoms with van der Waals surface area (Å²) in [6.45, 7) is 5.39. The zero-order valence-corrected chi connectivity index (χ0v) is 6.63. The van der Waals surface area contributed by atoms with Crippen LogP contribution in [0.1, 0.15) is 13.3 Å². The number of rotatable bonds is 5. The van der Waals surface area contributed by atoms with Gasteiger partial charge in [-0.25, -0.2) is 0 Å². The van der Waals surface area contributed by atoms with E-state index >= 15 is 0 Å². The summed E-state index contributed by atoms with van der Waals surface area (Å²) in [5.41, 5.74) is 6.13. The van der Waals surface area contributed by atoms with Gasteiger partial charge in [-0.15, -0.1) is 0 Å². The molecular formula is C7H14N2O2. The van der Waals surface area contributed by atoms with E-state index in [1.54, 1.807) is 0 Å². The molecule has 0 aromatic heterocycles. The highest BCUT2D eigenvalue weighted by Crippen LogP contribution is 1.94. The molecule has 1 atom stereocenters. The highest BCUT2D eigenvalue weighted by molar-refractivity contribution is 5.69. The first-order chi connectivity index (χ1) is 5.07. The lowest BCUT2D eigenvalue weighted by Gasteiger charge is -2.12.